The lowest BCUT2D eigenvalue weighted by Crippen LogP contribution is -2.64. The number of nitrogens with one attached hydrogen (secondary N) is 1. The molecule has 0 fully saturated rings. The molecule has 0 saturated carbocycles. The molecule has 140 valence electrons. The van der Waals surface area contributed by atoms with Crippen molar-refractivity contribution in [3.05, 3.63) is 42.5 Å². The highest BCUT2D eigenvalue weighted by atomic mass is 32.2. The Hall–Kier alpha value is -1.87. The third-order valence-corrected chi connectivity index (χ3v) is 4.94. The molecular formula is C16H20F3NO4S. The monoisotopic (exact) mass is 379 g/mol. The topological polar surface area (TPSA) is 72.5 Å². The second-order valence-corrected chi connectivity index (χ2v) is 6.96. The van der Waals surface area contributed by atoms with Crippen LogP contribution in [0.5, 0.6) is 0 Å². The average Bonchev–Trinajstić information content (AvgIpc) is 2.56. The van der Waals surface area contributed by atoms with Gasteiger partial charge in [-0.15, -0.1) is 0 Å². The first-order chi connectivity index (χ1) is 11.6. The number of rotatable bonds is 8. The standard InChI is InChI=1S/C16H20F3NO4S/c1-3-4-5-9-12-15(14(21)24-2,16(17,18)19)20-25(22,23)13-10-7-6-8-11-13/h5-11,20H,3-4,12H2,1-2H3/b9-5-. The number of methoxy groups -OCH3 is 1. The Labute approximate surface area is 144 Å². The van der Waals surface area contributed by atoms with Crippen molar-refractivity contribution in [1.82, 2.24) is 4.72 Å². The fraction of sp³-hybridized carbons (Fsp3) is 0.438. The van der Waals surface area contributed by atoms with E-state index in [1.54, 1.807) is 0 Å². The van der Waals surface area contributed by atoms with Gasteiger partial charge >= 0.3 is 12.1 Å². The molecule has 0 spiro atoms. The summed E-state index contributed by atoms with van der Waals surface area (Å²) in [6.07, 6.45) is -2.32. The Bertz CT molecular complexity index is 702. The Morgan fingerprint density at radius 1 is 1.20 bits per heavy atom. The zero-order chi connectivity index (χ0) is 19.1. The Kier molecular flexibility index (Phi) is 7.18. The lowest BCUT2D eigenvalue weighted by atomic mass is 9.95. The van der Waals surface area contributed by atoms with Crippen LogP contribution >= 0.6 is 0 Å². The molecule has 0 aliphatic rings. The van der Waals surface area contributed by atoms with Gasteiger partial charge in [-0.25, -0.2) is 13.2 Å². The summed E-state index contributed by atoms with van der Waals surface area (Å²) in [5, 5.41) is 0. The van der Waals surface area contributed by atoms with E-state index >= 15 is 0 Å². The number of unbranched alkanes of at least 4 members (excludes halogenated alkanes) is 1. The number of alkyl halides is 3. The number of carbonyl (C=O) groups is 1. The molecule has 1 atom stereocenters. The molecule has 0 aromatic heterocycles. The number of halogens is 3. The Balaban J connectivity index is 3.36. The van der Waals surface area contributed by atoms with Crippen molar-refractivity contribution in [2.24, 2.45) is 0 Å². The van der Waals surface area contributed by atoms with Crippen LogP contribution in [0.1, 0.15) is 26.2 Å². The first-order valence-corrected chi connectivity index (χ1v) is 8.98. The van der Waals surface area contributed by atoms with Crippen molar-refractivity contribution in [3.63, 3.8) is 0 Å². The maximum atomic E-state index is 13.7. The van der Waals surface area contributed by atoms with Gasteiger partial charge in [-0.2, -0.15) is 17.9 Å². The third-order valence-electron chi connectivity index (χ3n) is 3.43. The molecule has 0 saturated heterocycles. The van der Waals surface area contributed by atoms with Crippen molar-refractivity contribution in [2.75, 3.05) is 7.11 Å². The van der Waals surface area contributed by atoms with Crippen molar-refractivity contribution >= 4 is 16.0 Å². The predicted octanol–water partition coefficient (Wildman–Crippen LogP) is 3.19. The molecule has 1 aromatic carbocycles. The maximum Gasteiger partial charge on any atom is 0.418 e. The molecule has 0 radical (unpaired) electrons. The second kappa shape index (κ2) is 8.48. The van der Waals surface area contributed by atoms with E-state index in [9.17, 15) is 26.4 Å². The van der Waals surface area contributed by atoms with Crippen LogP contribution < -0.4 is 4.72 Å². The number of benzene rings is 1. The van der Waals surface area contributed by atoms with Crippen LogP contribution in [0.15, 0.2) is 47.4 Å². The van der Waals surface area contributed by atoms with Crippen LogP contribution in [0.25, 0.3) is 0 Å². The van der Waals surface area contributed by atoms with Gasteiger partial charge in [0.2, 0.25) is 15.6 Å². The summed E-state index contributed by atoms with van der Waals surface area (Å²) >= 11 is 0. The van der Waals surface area contributed by atoms with Crippen molar-refractivity contribution in [2.45, 2.75) is 42.8 Å². The maximum absolute atomic E-state index is 13.7. The van der Waals surface area contributed by atoms with Gasteiger partial charge in [0.25, 0.3) is 0 Å². The summed E-state index contributed by atoms with van der Waals surface area (Å²) in [6.45, 7) is 1.83. The lowest BCUT2D eigenvalue weighted by molar-refractivity contribution is -0.207. The molecule has 1 aromatic rings. The number of hydrogen-bond acceptors (Lipinski definition) is 4. The SMILES string of the molecule is CCC/C=C\CC(NS(=O)(=O)c1ccccc1)(C(=O)OC)C(F)(F)F. The smallest absolute Gasteiger partial charge is 0.418 e. The molecule has 0 aliphatic heterocycles. The van der Waals surface area contributed by atoms with Crippen LogP contribution in [0.4, 0.5) is 13.2 Å². The average molecular weight is 379 g/mol. The second-order valence-electron chi connectivity index (χ2n) is 5.28. The fourth-order valence-corrected chi connectivity index (χ4v) is 3.44. The first kappa shape index (κ1) is 21.2. The number of sulfonamides is 1. The normalized spacial score (nSPS) is 15.1. The quantitative estimate of drug-likeness (QED) is 0.556. The Morgan fingerprint density at radius 3 is 2.28 bits per heavy atom. The summed E-state index contributed by atoms with van der Waals surface area (Å²) < 4.78 is 71.6. The van der Waals surface area contributed by atoms with E-state index in [1.165, 1.54) is 29.0 Å². The number of hydrogen-bond donors (Lipinski definition) is 1. The summed E-state index contributed by atoms with van der Waals surface area (Å²) in [7, 11) is -3.83. The lowest BCUT2D eigenvalue weighted by Gasteiger charge is -2.32. The molecule has 1 unspecified atom stereocenters. The van der Waals surface area contributed by atoms with E-state index in [2.05, 4.69) is 4.74 Å². The fourth-order valence-electron chi connectivity index (χ4n) is 2.06. The van der Waals surface area contributed by atoms with Gasteiger partial charge in [-0.05, 0) is 18.6 Å². The van der Waals surface area contributed by atoms with E-state index in [-0.39, 0.29) is 4.90 Å². The highest BCUT2D eigenvalue weighted by Gasteiger charge is 2.62. The molecule has 0 aliphatic carbocycles. The van der Waals surface area contributed by atoms with Gasteiger partial charge in [0.1, 0.15) is 0 Å². The van der Waals surface area contributed by atoms with Crippen LogP contribution in [0.3, 0.4) is 0 Å². The van der Waals surface area contributed by atoms with Gasteiger partial charge in [0.05, 0.1) is 12.0 Å². The molecule has 0 bridgehead atoms. The summed E-state index contributed by atoms with van der Waals surface area (Å²) in [6, 6.07) is 6.51. The van der Waals surface area contributed by atoms with E-state index in [0.29, 0.717) is 12.8 Å². The van der Waals surface area contributed by atoms with Crippen LogP contribution in [-0.2, 0) is 19.6 Å². The van der Waals surface area contributed by atoms with Crippen molar-refractivity contribution < 1.29 is 31.1 Å². The largest absolute Gasteiger partial charge is 0.467 e. The van der Waals surface area contributed by atoms with Gasteiger partial charge < -0.3 is 4.74 Å². The van der Waals surface area contributed by atoms with Crippen molar-refractivity contribution in [1.29, 1.82) is 0 Å². The van der Waals surface area contributed by atoms with Gasteiger partial charge in [0.15, 0.2) is 0 Å². The zero-order valence-electron chi connectivity index (χ0n) is 13.8. The summed E-state index contributed by atoms with van der Waals surface area (Å²) in [4.78, 5) is 11.6. The van der Waals surface area contributed by atoms with Gasteiger partial charge in [0, 0.05) is 6.42 Å². The third kappa shape index (κ3) is 5.05. The number of allylic oxidation sites excluding steroid dienone is 1. The Morgan fingerprint density at radius 2 is 1.80 bits per heavy atom. The molecule has 0 amide bonds. The molecule has 9 heteroatoms. The minimum Gasteiger partial charge on any atom is -0.467 e. The number of ether oxygens (including phenoxy) is 1. The highest BCUT2D eigenvalue weighted by molar-refractivity contribution is 7.89. The molecular weight excluding hydrogens is 359 g/mol. The summed E-state index contributed by atoms with van der Waals surface area (Å²) in [5.41, 5.74) is -3.40. The number of carbonyl (C=O) groups excluding carboxylic acids is 1. The van der Waals surface area contributed by atoms with E-state index in [4.69, 9.17) is 0 Å². The number of esters is 1. The van der Waals surface area contributed by atoms with Crippen molar-refractivity contribution in [3.8, 4) is 0 Å². The van der Waals surface area contributed by atoms with Crippen LogP contribution in [0, 0.1) is 0 Å². The van der Waals surface area contributed by atoms with E-state index in [0.717, 1.165) is 25.3 Å². The van der Waals surface area contributed by atoms with E-state index in [1.807, 2.05) is 6.92 Å². The van der Waals surface area contributed by atoms with Gasteiger partial charge in [-0.1, -0.05) is 43.7 Å². The molecule has 1 rings (SSSR count). The molecule has 0 heterocycles. The predicted molar refractivity (Wildman–Crippen MR) is 86.2 cm³/mol. The van der Waals surface area contributed by atoms with Gasteiger partial charge in [-0.3, -0.25) is 0 Å². The zero-order valence-corrected chi connectivity index (χ0v) is 14.7. The van der Waals surface area contributed by atoms with Crippen LogP contribution in [0.2, 0.25) is 0 Å². The molecule has 1 N–H and O–H groups in total. The summed E-state index contributed by atoms with van der Waals surface area (Å²) in [5.74, 6) is -1.72. The van der Waals surface area contributed by atoms with Crippen LogP contribution in [-0.4, -0.2) is 33.2 Å². The molecule has 5 nitrogen and oxygen atoms in total. The minimum absolute atomic E-state index is 0.384. The molecule has 25 heavy (non-hydrogen) atoms. The minimum atomic E-state index is -5.20. The first-order valence-electron chi connectivity index (χ1n) is 7.50. The highest BCUT2D eigenvalue weighted by Crippen LogP contribution is 2.36. The van der Waals surface area contributed by atoms with E-state index < -0.39 is 34.1 Å².